The molecule has 42 heavy (non-hydrogen) atoms. The zero-order valence-corrected chi connectivity index (χ0v) is 23.8. The maximum atomic E-state index is 14.0. The molecule has 2 aromatic carbocycles. The number of benzene rings is 2. The topological polar surface area (TPSA) is 81.2 Å². The molecule has 0 bridgehead atoms. The van der Waals surface area contributed by atoms with Gasteiger partial charge in [0.15, 0.2) is 5.75 Å². The summed E-state index contributed by atoms with van der Waals surface area (Å²) in [4.78, 5) is 24.0. The number of rotatable bonds is 7. The first-order chi connectivity index (χ1) is 20.2. The van der Waals surface area contributed by atoms with Crippen molar-refractivity contribution >= 4 is 23.1 Å². The molecule has 3 heterocycles. The molecule has 2 aliphatic heterocycles. The zero-order chi connectivity index (χ0) is 29.9. The van der Waals surface area contributed by atoms with E-state index < -0.39 is 6.36 Å². The first kappa shape index (κ1) is 29.7. The largest absolute Gasteiger partial charge is 0.573 e. The second-order valence-electron chi connectivity index (χ2n) is 10.8. The molecular formula is C31H36F3N5O3. The van der Waals surface area contributed by atoms with E-state index in [2.05, 4.69) is 15.0 Å². The van der Waals surface area contributed by atoms with Crippen molar-refractivity contribution in [2.24, 2.45) is 0 Å². The molecule has 3 aromatic rings. The molecule has 8 nitrogen and oxygen atoms in total. The van der Waals surface area contributed by atoms with Gasteiger partial charge in [0.2, 0.25) is 0 Å². The quantitative estimate of drug-likeness (QED) is 0.413. The number of aliphatic hydroxyl groups is 1. The third-order valence-corrected chi connectivity index (χ3v) is 7.98. The van der Waals surface area contributed by atoms with Gasteiger partial charge in [0.25, 0.3) is 5.91 Å². The highest BCUT2D eigenvalue weighted by Gasteiger charge is 2.35. The molecular weight excluding hydrogens is 547 g/mol. The Morgan fingerprint density at radius 2 is 1.79 bits per heavy atom. The number of para-hydroxylation sites is 2. The van der Waals surface area contributed by atoms with Gasteiger partial charge < -0.3 is 29.9 Å². The molecule has 2 fully saturated rings. The molecule has 1 amide bonds. The number of aryl methyl sites for hydroxylation is 2. The highest BCUT2D eigenvalue weighted by atomic mass is 19.4. The number of aliphatic hydroxyl groups excluding tert-OH is 1. The van der Waals surface area contributed by atoms with E-state index in [0.29, 0.717) is 49.4 Å². The summed E-state index contributed by atoms with van der Waals surface area (Å²) in [5, 5.41) is 13.5. The molecule has 0 radical (unpaired) electrons. The number of anilines is 3. The van der Waals surface area contributed by atoms with Crippen molar-refractivity contribution in [2.45, 2.75) is 45.1 Å². The molecule has 0 spiro atoms. The maximum Gasteiger partial charge on any atom is 0.573 e. The monoisotopic (exact) mass is 583 g/mol. The number of amides is 1. The zero-order valence-electron chi connectivity index (χ0n) is 23.8. The Labute approximate surface area is 243 Å². The number of aromatic nitrogens is 1. The van der Waals surface area contributed by atoms with E-state index in [1.807, 2.05) is 47.9 Å². The van der Waals surface area contributed by atoms with E-state index in [-0.39, 0.29) is 30.3 Å². The van der Waals surface area contributed by atoms with Crippen molar-refractivity contribution < 1.29 is 27.8 Å². The number of piperidine rings is 1. The molecule has 2 saturated heterocycles. The van der Waals surface area contributed by atoms with Gasteiger partial charge in [-0.25, -0.2) is 4.98 Å². The molecule has 5 rings (SSSR count). The molecule has 0 aliphatic carbocycles. The first-order valence-corrected chi connectivity index (χ1v) is 14.2. The fraction of sp³-hybridized carbons (Fsp3) is 0.419. The van der Waals surface area contributed by atoms with Gasteiger partial charge >= 0.3 is 6.36 Å². The van der Waals surface area contributed by atoms with Crippen LogP contribution < -0.4 is 19.9 Å². The molecule has 2 N–H and O–H groups in total. The summed E-state index contributed by atoms with van der Waals surface area (Å²) in [5.41, 5.74) is 3.07. The Morgan fingerprint density at radius 1 is 1.05 bits per heavy atom. The summed E-state index contributed by atoms with van der Waals surface area (Å²) < 4.78 is 44.7. The summed E-state index contributed by atoms with van der Waals surface area (Å²) in [6.07, 6.45) is -1.72. The van der Waals surface area contributed by atoms with E-state index in [9.17, 15) is 23.1 Å². The Morgan fingerprint density at radius 3 is 2.48 bits per heavy atom. The predicted octanol–water partition coefficient (Wildman–Crippen LogP) is 4.81. The molecule has 0 saturated carbocycles. The van der Waals surface area contributed by atoms with Crippen LogP contribution in [0.4, 0.5) is 30.4 Å². The van der Waals surface area contributed by atoms with Crippen molar-refractivity contribution in [2.75, 3.05) is 49.1 Å². The van der Waals surface area contributed by atoms with Gasteiger partial charge in [0.1, 0.15) is 5.82 Å². The Kier molecular flexibility index (Phi) is 8.88. The van der Waals surface area contributed by atoms with Crippen LogP contribution in [-0.4, -0.2) is 78.7 Å². The summed E-state index contributed by atoms with van der Waals surface area (Å²) in [6.45, 7) is 6.35. The number of pyridine rings is 1. The normalized spacial score (nSPS) is 18.2. The van der Waals surface area contributed by atoms with Crippen molar-refractivity contribution in [3.8, 4) is 5.75 Å². The summed E-state index contributed by atoms with van der Waals surface area (Å²) in [6, 6.07) is 15.1. The van der Waals surface area contributed by atoms with Crippen LogP contribution >= 0.6 is 0 Å². The van der Waals surface area contributed by atoms with Crippen LogP contribution in [0.3, 0.4) is 0 Å². The average molecular weight is 584 g/mol. The van der Waals surface area contributed by atoms with Gasteiger partial charge in [0, 0.05) is 43.1 Å². The van der Waals surface area contributed by atoms with Crippen LogP contribution in [0.5, 0.6) is 5.75 Å². The number of piperazine rings is 1. The van der Waals surface area contributed by atoms with E-state index in [1.165, 1.54) is 12.1 Å². The van der Waals surface area contributed by atoms with Crippen LogP contribution in [-0.2, 0) is 0 Å². The van der Waals surface area contributed by atoms with Gasteiger partial charge in [-0.2, -0.15) is 0 Å². The summed E-state index contributed by atoms with van der Waals surface area (Å²) in [7, 11) is 0. The van der Waals surface area contributed by atoms with Crippen LogP contribution in [0.1, 0.15) is 34.3 Å². The number of hydrogen-bond acceptors (Lipinski definition) is 7. The lowest BCUT2D eigenvalue weighted by Gasteiger charge is -2.42. The first-order valence-electron chi connectivity index (χ1n) is 14.2. The number of hydrogen-bond donors (Lipinski definition) is 2. The number of nitrogens with one attached hydrogen (secondary N) is 1. The second kappa shape index (κ2) is 12.6. The van der Waals surface area contributed by atoms with Crippen molar-refractivity contribution in [3.63, 3.8) is 0 Å². The third-order valence-electron chi connectivity index (χ3n) is 7.98. The average Bonchev–Trinajstić information content (AvgIpc) is 2.98. The lowest BCUT2D eigenvalue weighted by Crippen LogP contribution is -2.56. The number of ether oxygens (including phenoxy) is 1. The number of halogens is 3. The van der Waals surface area contributed by atoms with Gasteiger partial charge in [0.05, 0.1) is 18.3 Å². The van der Waals surface area contributed by atoms with Gasteiger partial charge in [-0.05, 0) is 81.2 Å². The Balaban J connectivity index is 1.50. The molecule has 1 atom stereocenters. The number of nitrogens with zero attached hydrogens (tertiary/aromatic N) is 4. The maximum absolute atomic E-state index is 14.0. The van der Waals surface area contributed by atoms with Crippen LogP contribution in [0, 0.1) is 13.8 Å². The van der Waals surface area contributed by atoms with E-state index in [4.69, 9.17) is 0 Å². The molecule has 0 unspecified atom stereocenters. The number of carbonyl (C=O) groups excluding carboxylic acids is 1. The van der Waals surface area contributed by atoms with Gasteiger partial charge in [-0.3, -0.25) is 4.79 Å². The minimum absolute atomic E-state index is 0.103. The van der Waals surface area contributed by atoms with Crippen molar-refractivity contribution in [1.29, 1.82) is 0 Å². The lowest BCUT2D eigenvalue weighted by atomic mass is 9.97. The summed E-state index contributed by atoms with van der Waals surface area (Å²) >= 11 is 0. The van der Waals surface area contributed by atoms with Crippen LogP contribution in [0.2, 0.25) is 0 Å². The Hall–Kier alpha value is -3.83. The van der Waals surface area contributed by atoms with Gasteiger partial charge in [-0.15, -0.1) is 13.2 Å². The van der Waals surface area contributed by atoms with Crippen molar-refractivity contribution in [1.82, 2.24) is 15.2 Å². The molecule has 2 aliphatic rings. The van der Waals surface area contributed by atoms with E-state index in [0.717, 1.165) is 30.0 Å². The smallest absolute Gasteiger partial charge is 0.404 e. The third kappa shape index (κ3) is 6.47. The van der Waals surface area contributed by atoms with E-state index in [1.54, 1.807) is 29.3 Å². The minimum Gasteiger partial charge on any atom is -0.404 e. The van der Waals surface area contributed by atoms with Crippen LogP contribution in [0.15, 0.2) is 60.8 Å². The SMILES string of the molecule is Cc1cc(C)c(N(c2ccccc2OC(F)(F)F)C2CCNCC2)cc1C(=O)N1CCN(c2ccccn2)[C@H](CO)C1. The van der Waals surface area contributed by atoms with Gasteiger partial charge in [-0.1, -0.05) is 24.3 Å². The van der Waals surface area contributed by atoms with Crippen LogP contribution in [0.25, 0.3) is 0 Å². The summed E-state index contributed by atoms with van der Waals surface area (Å²) in [5.74, 6) is 0.278. The second-order valence-corrected chi connectivity index (χ2v) is 10.8. The van der Waals surface area contributed by atoms with Crippen molar-refractivity contribution in [3.05, 3.63) is 77.5 Å². The number of carbonyl (C=O) groups is 1. The lowest BCUT2D eigenvalue weighted by molar-refractivity contribution is -0.274. The number of alkyl halides is 3. The Bertz CT molecular complexity index is 1380. The predicted molar refractivity (Wildman–Crippen MR) is 155 cm³/mol. The standard InChI is InChI=1S/C31H36F3N5O3/c1-21-17-22(2)27(39(23-10-13-35-14-11-23)26-7-3-4-8-28(26)42-31(32,33)34)18-25(21)30(41)37-15-16-38(24(19-37)20-40)29-9-5-6-12-36-29/h3-9,12,17-18,23-24,35,40H,10-11,13-16,19-20H2,1-2H3/t24-/m0/s1. The molecule has 224 valence electrons. The minimum atomic E-state index is -4.85. The highest BCUT2D eigenvalue weighted by molar-refractivity contribution is 5.97. The fourth-order valence-corrected chi connectivity index (χ4v) is 5.98. The highest BCUT2D eigenvalue weighted by Crippen LogP contribution is 2.41. The molecule has 1 aromatic heterocycles. The molecule has 11 heteroatoms. The van der Waals surface area contributed by atoms with E-state index >= 15 is 0 Å². The fourth-order valence-electron chi connectivity index (χ4n) is 5.98.